The average Bonchev–Trinajstić information content (AvgIpc) is 2.45. The molecule has 0 aromatic heterocycles. The topological polar surface area (TPSA) is 55.8 Å². The van der Waals surface area contributed by atoms with Crippen molar-refractivity contribution in [3.05, 3.63) is 34.9 Å². The molecule has 0 radical (unpaired) electrons. The highest BCUT2D eigenvalue weighted by Gasteiger charge is 2.21. The summed E-state index contributed by atoms with van der Waals surface area (Å²) < 4.78 is 9.65. The van der Waals surface area contributed by atoms with E-state index in [1.54, 1.807) is 18.2 Å². The number of esters is 1. The number of methoxy groups -OCH3 is 2. The van der Waals surface area contributed by atoms with E-state index in [1.165, 1.54) is 14.2 Å². The summed E-state index contributed by atoms with van der Waals surface area (Å²) in [5.41, 5.74) is 0.887. The zero-order valence-corrected chi connectivity index (χ0v) is 12.3. The standard InChI is InChI=1S/C16H20O4/c1-5-16(18,11-19-3)9-8-13-6-7-14(12(2)10-13)15(17)20-4/h6-7,10,18H,5,11H2,1-4H3/t16-/m1/s1. The highest BCUT2D eigenvalue weighted by Crippen LogP contribution is 2.13. The van der Waals surface area contributed by atoms with Gasteiger partial charge in [0.1, 0.15) is 5.60 Å². The summed E-state index contributed by atoms with van der Waals surface area (Å²) in [4.78, 5) is 11.5. The number of rotatable bonds is 4. The van der Waals surface area contributed by atoms with E-state index in [4.69, 9.17) is 4.74 Å². The molecule has 0 fully saturated rings. The summed E-state index contributed by atoms with van der Waals surface area (Å²) in [7, 11) is 2.87. The molecule has 0 aliphatic rings. The maximum absolute atomic E-state index is 11.5. The van der Waals surface area contributed by atoms with Crippen LogP contribution in [0, 0.1) is 18.8 Å². The van der Waals surface area contributed by atoms with Crippen LogP contribution in [0.4, 0.5) is 0 Å². The van der Waals surface area contributed by atoms with Gasteiger partial charge in [-0.2, -0.15) is 0 Å². The van der Waals surface area contributed by atoms with Gasteiger partial charge in [-0.1, -0.05) is 18.8 Å². The van der Waals surface area contributed by atoms with Gasteiger partial charge in [0.2, 0.25) is 0 Å². The number of aliphatic hydroxyl groups is 1. The van der Waals surface area contributed by atoms with Crippen molar-refractivity contribution in [1.82, 2.24) is 0 Å². The lowest BCUT2D eigenvalue weighted by Crippen LogP contribution is -2.31. The summed E-state index contributed by atoms with van der Waals surface area (Å²) in [6.07, 6.45) is 0.479. The lowest BCUT2D eigenvalue weighted by atomic mass is 10.0. The summed E-state index contributed by atoms with van der Waals surface area (Å²) in [6.45, 7) is 3.83. The fourth-order valence-electron chi connectivity index (χ4n) is 1.73. The Morgan fingerprint density at radius 1 is 1.40 bits per heavy atom. The maximum atomic E-state index is 11.5. The minimum Gasteiger partial charge on any atom is -0.465 e. The van der Waals surface area contributed by atoms with Gasteiger partial charge in [-0.25, -0.2) is 4.79 Å². The van der Waals surface area contributed by atoms with E-state index >= 15 is 0 Å². The molecule has 1 atom stereocenters. The molecule has 108 valence electrons. The molecule has 1 aromatic carbocycles. The van der Waals surface area contributed by atoms with Crippen molar-refractivity contribution < 1.29 is 19.4 Å². The smallest absolute Gasteiger partial charge is 0.338 e. The van der Waals surface area contributed by atoms with E-state index in [-0.39, 0.29) is 12.6 Å². The van der Waals surface area contributed by atoms with Crippen molar-refractivity contribution >= 4 is 5.97 Å². The first-order valence-corrected chi connectivity index (χ1v) is 6.39. The molecule has 4 nitrogen and oxygen atoms in total. The second kappa shape index (κ2) is 7.09. The van der Waals surface area contributed by atoms with Crippen LogP contribution in [-0.2, 0) is 9.47 Å². The fraction of sp³-hybridized carbons (Fsp3) is 0.438. The largest absolute Gasteiger partial charge is 0.465 e. The van der Waals surface area contributed by atoms with E-state index in [1.807, 2.05) is 13.8 Å². The molecule has 0 saturated heterocycles. The van der Waals surface area contributed by atoms with Gasteiger partial charge < -0.3 is 14.6 Å². The Hall–Kier alpha value is -1.83. The highest BCUT2D eigenvalue weighted by atomic mass is 16.5. The lowest BCUT2D eigenvalue weighted by Gasteiger charge is -2.18. The SMILES string of the molecule is CC[C@@](O)(C#Cc1ccc(C(=O)OC)c(C)c1)COC. The van der Waals surface area contributed by atoms with Crippen LogP contribution in [0.25, 0.3) is 0 Å². The van der Waals surface area contributed by atoms with Crippen LogP contribution in [0.2, 0.25) is 0 Å². The molecule has 0 amide bonds. The molecule has 0 unspecified atom stereocenters. The third-order valence-corrected chi connectivity index (χ3v) is 3.04. The van der Waals surface area contributed by atoms with Crippen molar-refractivity contribution in [2.75, 3.05) is 20.8 Å². The molecule has 0 spiro atoms. The molecule has 1 aromatic rings. The first-order chi connectivity index (χ1) is 9.45. The Balaban J connectivity index is 3.01. The quantitative estimate of drug-likeness (QED) is 0.674. The van der Waals surface area contributed by atoms with Gasteiger partial charge in [0.05, 0.1) is 19.3 Å². The predicted octanol–water partition coefficient (Wildman–Crippen LogP) is 1.92. The molecule has 1 N–H and O–H groups in total. The first-order valence-electron chi connectivity index (χ1n) is 6.39. The minimum atomic E-state index is -1.15. The Kier molecular flexibility index (Phi) is 5.75. The Labute approximate surface area is 119 Å². The van der Waals surface area contributed by atoms with Crippen LogP contribution >= 0.6 is 0 Å². The molecule has 20 heavy (non-hydrogen) atoms. The Bertz CT molecular complexity index is 539. The minimum absolute atomic E-state index is 0.162. The molecule has 0 heterocycles. The molecule has 0 saturated carbocycles. The maximum Gasteiger partial charge on any atom is 0.338 e. The van der Waals surface area contributed by atoms with Crippen LogP contribution in [0.1, 0.15) is 34.8 Å². The number of ether oxygens (including phenoxy) is 2. The predicted molar refractivity (Wildman–Crippen MR) is 76.5 cm³/mol. The van der Waals surface area contributed by atoms with Gasteiger partial charge in [0, 0.05) is 12.7 Å². The summed E-state index contributed by atoms with van der Waals surface area (Å²) >= 11 is 0. The molecular formula is C16H20O4. The van der Waals surface area contributed by atoms with Gasteiger partial charge >= 0.3 is 5.97 Å². The van der Waals surface area contributed by atoms with E-state index in [2.05, 4.69) is 16.6 Å². The summed E-state index contributed by atoms with van der Waals surface area (Å²) in [5.74, 6) is 5.36. The third kappa shape index (κ3) is 4.09. The van der Waals surface area contributed by atoms with Crippen molar-refractivity contribution in [3.8, 4) is 11.8 Å². The number of hydrogen-bond acceptors (Lipinski definition) is 4. The molecule has 4 heteroatoms. The lowest BCUT2D eigenvalue weighted by molar-refractivity contribution is 0.0111. The van der Waals surface area contributed by atoms with Gasteiger partial charge in [-0.15, -0.1) is 0 Å². The monoisotopic (exact) mass is 276 g/mol. The van der Waals surface area contributed by atoms with Crippen LogP contribution in [0.3, 0.4) is 0 Å². The fourth-order valence-corrected chi connectivity index (χ4v) is 1.73. The van der Waals surface area contributed by atoms with Gasteiger partial charge in [0.25, 0.3) is 0 Å². The van der Waals surface area contributed by atoms with Gasteiger partial charge in [0.15, 0.2) is 0 Å². The van der Waals surface area contributed by atoms with E-state index < -0.39 is 5.60 Å². The van der Waals surface area contributed by atoms with Crippen molar-refractivity contribution in [2.24, 2.45) is 0 Å². The molecule has 1 rings (SSSR count). The Morgan fingerprint density at radius 2 is 2.10 bits per heavy atom. The average molecular weight is 276 g/mol. The number of aryl methyl sites for hydroxylation is 1. The molecule has 0 bridgehead atoms. The normalized spacial score (nSPS) is 13.1. The summed E-state index contributed by atoms with van der Waals surface area (Å²) in [5, 5.41) is 10.2. The number of benzene rings is 1. The molecule has 0 aliphatic carbocycles. The highest BCUT2D eigenvalue weighted by molar-refractivity contribution is 5.91. The molecular weight excluding hydrogens is 256 g/mol. The van der Waals surface area contributed by atoms with Crippen LogP contribution < -0.4 is 0 Å². The summed E-state index contributed by atoms with van der Waals surface area (Å²) in [6, 6.07) is 5.20. The number of carbonyl (C=O) groups excluding carboxylic acids is 1. The third-order valence-electron chi connectivity index (χ3n) is 3.04. The van der Waals surface area contributed by atoms with Gasteiger partial charge in [-0.3, -0.25) is 0 Å². The second-order valence-corrected chi connectivity index (χ2v) is 4.59. The van der Waals surface area contributed by atoms with Crippen LogP contribution in [0.5, 0.6) is 0 Å². The van der Waals surface area contributed by atoms with Gasteiger partial charge in [-0.05, 0) is 37.1 Å². The van der Waals surface area contributed by atoms with E-state index in [9.17, 15) is 9.90 Å². The molecule has 0 aliphatic heterocycles. The zero-order chi connectivity index (χ0) is 15.2. The Morgan fingerprint density at radius 3 is 2.60 bits per heavy atom. The van der Waals surface area contributed by atoms with E-state index in [0.29, 0.717) is 12.0 Å². The van der Waals surface area contributed by atoms with Crippen LogP contribution in [0.15, 0.2) is 18.2 Å². The number of hydrogen-bond donors (Lipinski definition) is 1. The van der Waals surface area contributed by atoms with E-state index in [0.717, 1.165) is 11.1 Å². The first kappa shape index (κ1) is 16.2. The second-order valence-electron chi connectivity index (χ2n) is 4.59. The van der Waals surface area contributed by atoms with Crippen LogP contribution in [-0.4, -0.2) is 37.5 Å². The zero-order valence-electron chi connectivity index (χ0n) is 12.3. The van der Waals surface area contributed by atoms with Crippen molar-refractivity contribution in [3.63, 3.8) is 0 Å². The number of carbonyl (C=O) groups is 1. The van der Waals surface area contributed by atoms with Crippen molar-refractivity contribution in [2.45, 2.75) is 25.9 Å². The van der Waals surface area contributed by atoms with Crippen molar-refractivity contribution in [1.29, 1.82) is 0 Å².